The lowest BCUT2D eigenvalue weighted by Crippen LogP contribution is -2.39. The number of hydrogen-bond donors (Lipinski definition) is 3. The first-order valence-corrected chi connectivity index (χ1v) is 10.1. The summed E-state index contributed by atoms with van der Waals surface area (Å²) >= 11 is 0. The fraction of sp³-hybridized carbons (Fsp3) is 0.391. The van der Waals surface area contributed by atoms with Crippen molar-refractivity contribution in [1.29, 1.82) is 0 Å². The van der Waals surface area contributed by atoms with Crippen molar-refractivity contribution in [3.8, 4) is 0 Å². The molecule has 0 aliphatic carbocycles. The molecule has 0 spiro atoms. The van der Waals surface area contributed by atoms with E-state index in [9.17, 15) is 9.59 Å². The molecule has 2 atom stereocenters. The van der Waals surface area contributed by atoms with Gasteiger partial charge in [-0.1, -0.05) is 24.3 Å². The number of nitrogens with one attached hydrogen (secondary N) is 3. The molecular weight excluding hydrogens is 350 g/mol. The van der Waals surface area contributed by atoms with E-state index in [-0.39, 0.29) is 11.8 Å². The monoisotopic (exact) mass is 377 g/mol. The maximum Gasteiger partial charge on any atom is 0.255 e. The molecule has 5 heteroatoms. The van der Waals surface area contributed by atoms with Gasteiger partial charge in [0.05, 0.1) is 0 Å². The highest BCUT2D eigenvalue weighted by Crippen LogP contribution is 2.33. The zero-order valence-electron chi connectivity index (χ0n) is 16.2. The standard InChI is InChI=1S/C23H27N3O2/c1-15-7-8-20(25-23(28)17-5-3-2-4-6-17)14-21(15)26-22(27)13-16-11-18-9-10-19(12-16)24-18/h2-8,14,16,18-19,24H,9-13H2,1H3,(H,25,28)(H,26,27). The third-order valence-corrected chi connectivity index (χ3v) is 5.85. The number of amides is 2. The van der Waals surface area contributed by atoms with Crippen molar-refractivity contribution < 1.29 is 9.59 Å². The Kier molecular flexibility index (Phi) is 5.44. The largest absolute Gasteiger partial charge is 0.326 e. The molecular formula is C23H27N3O2. The Hall–Kier alpha value is -2.66. The van der Waals surface area contributed by atoms with E-state index in [1.54, 1.807) is 12.1 Å². The molecule has 146 valence electrons. The summed E-state index contributed by atoms with van der Waals surface area (Å²) in [6.07, 6.45) is 5.23. The van der Waals surface area contributed by atoms with Crippen LogP contribution >= 0.6 is 0 Å². The van der Waals surface area contributed by atoms with Gasteiger partial charge in [-0.05, 0) is 68.4 Å². The summed E-state index contributed by atoms with van der Waals surface area (Å²) in [5, 5.41) is 9.57. The lowest BCUT2D eigenvalue weighted by molar-refractivity contribution is -0.117. The fourth-order valence-corrected chi connectivity index (χ4v) is 4.43. The fourth-order valence-electron chi connectivity index (χ4n) is 4.43. The van der Waals surface area contributed by atoms with Crippen molar-refractivity contribution in [2.45, 2.75) is 51.1 Å². The maximum atomic E-state index is 12.6. The van der Waals surface area contributed by atoms with E-state index in [0.717, 1.165) is 24.1 Å². The second kappa shape index (κ2) is 8.15. The summed E-state index contributed by atoms with van der Waals surface area (Å²) in [5.41, 5.74) is 3.02. The maximum absolute atomic E-state index is 12.6. The van der Waals surface area contributed by atoms with Crippen molar-refractivity contribution in [2.24, 2.45) is 5.92 Å². The van der Waals surface area contributed by atoms with Crippen LogP contribution in [0.1, 0.15) is 48.0 Å². The first-order valence-electron chi connectivity index (χ1n) is 10.1. The van der Waals surface area contributed by atoms with Gasteiger partial charge in [0.2, 0.25) is 5.91 Å². The number of benzene rings is 2. The van der Waals surface area contributed by atoms with Gasteiger partial charge in [0, 0.05) is 35.4 Å². The van der Waals surface area contributed by atoms with Gasteiger partial charge in [-0.2, -0.15) is 0 Å². The van der Waals surface area contributed by atoms with Crippen LogP contribution in [0.25, 0.3) is 0 Å². The number of hydrogen-bond acceptors (Lipinski definition) is 3. The Bertz CT molecular complexity index is 853. The molecule has 28 heavy (non-hydrogen) atoms. The number of aryl methyl sites for hydroxylation is 1. The van der Waals surface area contributed by atoms with Crippen LogP contribution in [0.15, 0.2) is 48.5 Å². The van der Waals surface area contributed by atoms with Gasteiger partial charge in [-0.25, -0.2) is 0 Å². The van der Waals surface area contributed by atoms with E-state index in [0.29, 0.717) is 35.7 Å². The van der Waals surface area contributed by atoms with Crippen molar-refractivity contribution >= 4 is 23.2 Å². The minimum Gasteiger partial charge on any atom is -0.326 e. The van der Waals surface area contributed by atoms with Crippen molar-refractivity contribution in [2.75, 3.05) is 10.6 Å². The lowest BCUT2D eigenvalue weighted by Gasteiger charge is -2.28. The van der Waals surface area contributed by atoms with E-state index in [4.69, 9.17) is 0 Å². The minimum atomic E-state index is -0.160. The highest BCUT2D eigenvalue weighted by molar-refractivity contribution is 6.04. The van der Waals surface area contributed by atoms with Gasteiger partial charge in [0.25, 0.3) is 5.91 Å². The molecule has 2 aliphatic heterocycles. The molecule has 2 aromatic rings. The molecule has 0 aromatic heterocycles. The van der Waals surface area contributed by atoms with Crippen LogP contribution in [0.2, 0.25) is 0 Å². The van der Waals surface area contributed by atoms with E-state index in [2.05, 4.69) is 16.0 Å². The van der Waals surface area contributed by atoms with Crippen LogP contribution < -0.4 is 16.0 Å². The first-order chi connectivity index (χ1) is 13.6. The molecule has 2 aliphatic rings. The van der Waals surface area contributed by atoms with Gasteiger partial charge in [-0.15, -0.1) is 0 Å². The number of piperidine rings is 1. The second-order valence-electron chi connectivity index (χ2n) is 8.08. The molecule has 2 amide bonds. The highest BCUT2D eigenvalue weighted by Gasteiger charge is 2.34. The van der Waals surface area contributed by atoms with Crippen LogP contribution in [-0.4, -0.2) is 23.9 Å². The molecule has 2 aromatic carbocycles. The van der Waals surface area contributed by atoms with Crippen LogP contribution in [0.4, 0.5) is 11.4 Å². The zero-order valence-corrected chi connectivity index (χ0v) is 16.2. The summed E-state index contributed by atoms with van der Waals surface area (Å²) < 4.78 is 0. The Labute approximate surface area is 165 Å². The van der Waals surface area contributed by atoms with Gasteiger partial charge in [0.15, 0.2) is 0 Å². The average molecular weight is 377 g/mol. The van der Waals surface area contributed by atoms with Crippen LogP contribution in [0.3, 0.4) is 0 Å². The molecule has 2 heterocycles. The smallest absolute Gasteiger partial charge is 0.255 e. The van der Waals surface area contributed by atoms with E-state index in [1.165, 1.54) is 12.8 Å². The normalized spacial score (nSPS) is 23.2. The molecule has 4 rings (SSSR count). The molecule has 2 saturated heterocycles. The molecule has 3 N–H and O–H groups in total. The van der Waals surface area contributed by atoms with E-state index < -0.39 is 0 Å². The van der Waals surface area contributed by atoms with Gasteiger partial charge in [0.1, 0.15) is 0 Å². The number of rotatable bonds is 5. The molecule has 5 nitrogen and oxygen atoms in total. The third kappa shape index (κ3) is 4.42. The molecule has 2 bridgehead atoms. The first kappa shape index (κ1) is 18.7. The molecule has 2 unspecified atom stereocenters. The number of anilines is 2. The van der Waals surface area contributed by atoms with E-state index in [1.807, 2.05) is 43.3 Å². The number of fused-ring (bicyclic) bond motifs is 2. The quantitative estimate of drug-likeness (QED) is 0.734. The SMILES string of the molecule is Cc1ccc(NC(=O)c2ccccc2)cc1NC(=O)CC1CC2CCC(C1)N2. The second-order valence-corrected chi connectivity index (χ2v) is 8.08. The Balaban J connectivity index is 1.38. The van der Waals surface area contributed by atoms with Crippen LogP contribution in [0.5, 0.6) is 0 Å². The Morgan fingerprint density at radius 2 is 1.71 bits per heavy atom. The summed E-state index contributed by atoms with van der Waals surface area (Å²) in [6.45, 7) is 1.96. The number of carbonyl (C=O) groups excluding carboxylic acids is 2. The van der Waals surface area contributed by atoms with Crippen molar-refractivity contribution in [3.63, 3.8) is 0 Å². The van der Waals surface area contributed by atoms with Gasteiger partial charge >= 0.3 is 0 Å². The van der Waals surface area contributed by atoms with E-state index >= 15 is 0 Å². The summed E-state index contributed by atoms with van der Waals surface area (Å²) in [5.74, 6) is 0.355. The van der Waals surface area contributed by atoms with Crippen LogP contribution in [0, 0.1) is 12.8 Å². The van der Waals surface area contributed by atoms with Crippen LogP contribution in [-0.2, 0) is 4.79 Å². The van der Waals surface area contributed by atoms with Crippen molar-refractivity contribution in [3.05, 3.63) is 59.7 Å². The minimum absolute atomic E-state index is 0.0564. The summed E-state index contributed by atoms with van der Waals surface area (Å²) in [4.78, 5) is 25.0. The molecule has 0 radical (unpaired) electrons. The number of carbonyl (C=O) groups is 2. The van der Waals surface area contributed by atoms with Crippen molar-refractivity contribution in [1.82, 2.24) is 5.32 Å². The molecule has 0 saturated carbocycles. The van der Waals surface area contributed by atoms with Gasteiger partial charge < -0.3 is 16.0 Å². The Morgan fingerprint density at radius 3 is 2.43 bits per heavy atom. The van der Waals surface area contributed by atoms with Gasteiger partial charge in [-0.3, -0.25) is 9.59 Å². The average Bonchev–Trinajstić information content (AvgIpc) is 3.03. The summed E-state index contributed by atoms with van der Waals surface area (Å²) in [7, 11) is 0. The predicted octanol–water partition coefficient (Wildman–Crippen LogP) is 4.11. The third-order valence-electron chi connectivity index (χ3n) is 5.85. The summed E-state index contributed by atoms with van der Waals surface area (Å²) in [6, 6.07) is 15.9. The highest BCUT2D eigenvalue weighted by atomic mass is 16.2. The Morgan fingerprint density at radius 1 is 1.00 bits per heavy atom. The predicted molar refractivity (Wildman–Crippen MR) is 111 cm³/mol. The zero-order chi connectivity index (χ0) is 19.5. The lowest BCUT2D eigenvalue weighted by atomic mass is 9.89. The molecule has 2 fully saturated rings. The topological polar surface area (TPSA) is 70.2 Å².